The van der Waals surface area contributed by atoms with E-state index in [-0.39, 0.29) is 10.8 Å². The Hall–Kier alpha value is -1.83. The lowest BCUT2D eigenvalue weighted by atomic mass is 10.0. The number of hydrogen-bond acceptors (Lipinski definition) is 4. The summed E-state index contributed by atoms with van der Waals surface area (Å²) in [6, 6.07) is 13.2. The molecule has 0 fully saturated rings. The molecule has 0 saturated carbocycles. The predicted molar refractivity (Wildman–Crippen MR) is 110 cm³/mol. The maximum Gasteiger partial charge on any atom is 0.240 e. The molecule has 0 bridgehead atoms. The molecule has 0 radical (unpaired) electrons. The average molecular weight is 405 g/mol. The molecule has 0 unspecified atom stereocenters. The fourth-order valence-electron chi connectivity index (χ4n) is 3.13. The number of aryl methyl sites for hydroxylation is 2. The molecule has 1 N–H and O–H groups in total. The first kappa shape index (κ1) is 19.9. The van der Waals surface area contributed by atoms with Crippen LogP contribution in [0, 0.1) is 6.92 Å². The Morgan fingerprint density at radius 2 is 1.93 bits per heavy atom. The van der Waals surface area contributed by atoms with E-state index in [4.69, 9.17) is 0 Å². The number of benzene rings is 2. The topological polar surface area (TPSA) is 66.5 Å². The van der Waals surface area contributed by atoms with Crippen LogP contribution >= 0.6 is 11.8 Å². The van der Waals surface area contributed by atoms with Gasteiger partial charge in [0.15, 0.2) is 0 Å². The number of nitrogens with one attached hydrogen (secondary N) is 1. The number of carbonyl (C=O) groups excluding carboxylic acids is 1. The maximum absolute atomic E-state index is 12.6. The molecule has 1 amide bonds. The smallest absolute Gasteiger partial charge is 0.240 e. The Labute approximate surface area is 165 Å². The van der Waals surface area contributed by atoms with Gasteiger partial charge in [-0.15, -0.1) is 11.8 Å². The van der Waals surface area contributed by atoms with Crippen LogP contribution in [0.5, 0.6) is 0 Å². The summed E-state index contributed by atoms with van der Waals surface area (Å²) in [6.45, 7) is 4.62. The SMILES string of the molecule is CC(=O)N1CCCc2cc(S(=O)(=O)NCCSc3ccc(C)cc3)ccc21. The molecule has 0 saturated heterocycles. The third-order valence-electron chi connectivity index (χ3n) is 4.54. The Bertz CT molecular complexity index is 925. The monoisotopic (exact) mass is 404 g/mol. The molecule has 0 atom stereocenters. The highest BCUT2D eigenvalue weighted by Crippen LogP contribution is 2.29. The standard InChI is InChI=1S/C20H24N2O3S2/c1-15-5-7-18(8-6-15)26-13-11-21-27(24,25)19-9-10-20-17(14-19)4-3-12-22(20)16(2)23/h5-10,14,21H,3-4,11-13H2,1-2H3. The van der Waals surface area contributed by atoms with Gasteiger partial charge in [0.25, 0.3) is 0 Å². The maximum atomic E-state index is 12.6. The summed E-state index contributed by atoms with van der Waals surface area (Å²) in [5.41, 5.74) is 2.94. The number of fused-ring (bicyclic) bond motifs is 1. The van der Waals surface area contributed by atoms with E-state index in [0.29, 0.717) is 18.8 Å². The van der Waals surface area contributed by atoms with E-state index in [1.54, 1.807) is 34.9 Å². The van der Waals surface area contributed by atoms with Crippen molar-refractivity contribution in [1.29, 1.82) is 0 Å². The van der Waals surface area contributed by atoms with Crippen LogP contribution in [0.25, 0.3) is 0 Å². The van der Waals surface area contributed by atoms with Crippen molar-refractivity contribution >= 4 is 33.4 Å². The van der Waals surface area contributed by atoms with Gasteiger partial charge in [-0.1, -0.05) is 17.7 Å². The van der Waals surface area contributed by atoms with Crippen molar-refractivity contribution in [2.75, 3.05) is 23.7 Å². The van der Waals surface area contributed by atoms with E-state index >= 15 is 0 Å². The first-order valence-corrected chi connectivity index (χ1v) is 11.4. The Morgan fingerprint density at radius 3 is 2.63 bits per heavy atom. The van der Waals surface area contributed by atoms with Crippen LogP contribution in [0.1, 0.15) is 24.5 Å². The summed E-state index contributed by atoms with van der Waals surface area (Å²) in [6.07, 6.45) is 1.63. The molecule has 1 aliphatic rings. The predicted octanol–water partition coefficient (Wildman–Crippen LogP) is 3.36. The van der Waals surface area contributed by atoms with Gasteiger partial charge in [0.1, 0.15) is 0 Å². The molecule has 144 valence electrons. The first-order valence-electron chi connectivity index (χ1n) is 8.97. The highest BCUT2D eigenvalue weighted by atomic mass is 32.2. The minimum absolute atomic E-state index is 0.0159. The zero-order valence-electron chi connectivity index (χ0n) is 15.6. The summed E-state index contributed by atoms with van der Waals surface area (Å²) in [5, 5.41) is 0. The number of sulfonamides is 1. The molecule has 0 spiro atoms. The average Bonchev–Trinajstić information content (AvgIpc) is 2.65. The molecule has 7 heteroatoms. The minimum Gasteiger partial charge on any atom is -0.312 e. The Morgan fingerprint density at radius 1 is 1.19 bits per heavy atom. The summed E-state index contributed by atoms with van der Waals surface area (Å²) in [7, 11) is -3.56. The van der Waals surface area contributed by atoms with E-state index in [1.807, 2.05) is 31.2 Å². The van der Waals surface area contributed by atoms with Crippen LogP contribution in [-0.2, 0) is 21.2 Å². The van der Waals surface area contributed by atoms with Gasteiger partial charge in [-0.25, -0.2) is 13.1 Å². The van der Waals surface area contributed by atoms with Crippen molar-refractivity contribution in [1.82, 2.24) is 4.72 Å². The second-order valence-electron chi connectivity index (χ2n) is 6.62. The Kier molecular flexibility index (Phi) is 6.24. The van der Waals surface area contributed by atoms with E-state index in [9.17, 15) is 13.2 Å². The van der Waals surface area contributed by atoms with Gasteiger partial charge in [-0.05, 0) is 55.7 Å². The van der Waals surface area contributed by atoms with Gasteiger partial charge in [0, 0.05) is 36.3 Å². The first-order chi connectivity index (χ1) is 12.9. The second-order valence-corrected chi connectivity index (χ2v) is 9.56. The zero-order chi connectivity index (χ0) is 19.4. The Balaban J connectivity index is 1.63. The van der Waals surface area contributed by atoms with Crippen LogP contribution in [-0.4, -0.2) is 33.2 Å². The molecular formula is C20H24N2O3S2. The van der Waals surface area contributed by atoms with Crippen molar-refractivity contribution in [3.8, 4) is 0 Å². The number of nitrogens with zero attached hydrogens (tertiary/aromatic N) is 1. The third-order valence-corrected chi connectivity index (χ3v) is 7.02. The quantitative estimate of drug-likeness (QED) is 0.592. The molecule has 0 aliphatic carbocycles. The van der Waals surface area contributed by atoms with E-state index in [2.05, 4.69) is 4.72 Å². The van der Waals surface area contributed by atoms with Gasteiger partial charge >= 0.3 is 0 Å². The summed E-state index contributed by atoms with van der Waals surface area (Å²) in [5.74, 6) is 0.642. The number of amides is 1. The largest absolute Gasteiger partial charge is 0.312 e. The number of carbonyl (C=O) groups is 1. The fourth-order valence-corrected chi connectivity index (χ4v) is 5.11. The fraction of sp³-hybridized carbons (Fsp3) is 0.350. The lowest BCUT2D eigenvalue weighted by Crippen LogP contribution is -2.33. The molecule has 1 aliphatic heterocycles. The van der Waals surface area contributed by atoms with Crippen molar-refractivity contribution in [3.63, 3.8) is 0 Å². The summed E-state index contributed by atoms with van der Waals surface area (Å²) >= 11 is 1.62. The molecule has 5 nitrogen and oxygen atoms in total. The lowest BCUT2D eigenvalue weighted by Gasteiger charge is -2.28. The highest BCUT2D eigenvalue weighted by molar-refractivity contribution is 7.99. The van der Waals surface area contributed by atoms with Gasteiger partial charge in [-0.2, -0.15) is 0 Å². The summed E-state index contributed by atoms with van der Waals surface area (Å²) in [4.78, 5) is 14.8. The summed E-state index contributed by atoms with van der Waals surface area (Å²) < 4.78 is 27.8. The molecule has 0 aromatic heterocycles. The highest BCUT2D eigenvalue weighted by Gasteiger charge is 2.22. The van der Waals surface area contributed by atoms with Gasteiger partial charge in [-0.3, -0.25) is 4.79 Å². The zero-order valence-corrected chi connectivity index (χ0v) is 17.2. The van der Waals surface area contributed by atoms with Crippen LogP contribution in [0.15, 0.2) is 52.3 Å². The van der Waals surface area contributed by atoms with Crippen LogP contribution in [0.4, 0.5) is 5.69 Å². The van der Waals surface area contributed by atoms with Gasteiger partial charge in [0.2, 0.25) is 15.9 Å². The van der Waals surface area contributed by atoms with Crippen molar-refractivity contribution in [3.05, 3.63) is 53.6 Å². The third kappa shape index (κ3) is 4.91. The van der Waals surface area contributed by atoms with Crippen molar-refractivity contribution in [2.24, 2.45) is 0 Å². The van der Waals surface area contributed by atoms with Gasteiger partial charge < -0.3 is 4.90 Å². The molecule has 3 rings (SSSR count). The molecule has 1 heterocycles. The van der Waals surface area contributed by atoms with Crippen molar-refractivity contribution < 1.29 is 13.2 Å². The number of anilines is 1. The van der Waals surface area contributed by atoms with Crippen LogP contribution in [0.3, 0.4) is 0 Å². The molecule has 27 heavy (non-hydrogen) atoms. The molecule has 2 aromatic carbocycles. The van der Waals surface area contributed by atoms with Crippen LogP contribution < -0.4 is 9.62 Å². The lowest BCUT2D eigenvalue weighted by molar-refractivity contribution is -0.116. The number of thioether (sulfide) groups is 1. The molecular weight excluding hydrogens is 380 g/mol. The van der Waals surface area contributed by atoms with E-state index in [1.165, 1.54) is 12.5 Å². The number of rotatable bonds is 6. The normalized spacial score (nSPS) is 14.1. The van der Waals surface area contributed by atoms with Gasteiger partial charge in [0.05, 0.1) is 4.90 Å². The van der Waals surface area contributed by atoms with Crippen molar-refractivity contribution in [2.45, 2.75) is 36.5 Å². The van der Waals surface area contributed by atoms with E-state index < -0.39 is 10.0 Å². The van der Waals surface area contributed by atoms with Crippen LogP contribution in [0.2, 0.25) is 0 Å². The minimum atomic E-state index is -3.56. The molecule has 2 aromatic rings. The second kappa shape index (κ2) is 8.46. The van der Waals surface area contributed by atoms with E-state index in [0.717, 1.165) is 29.0 Å². The number of hydrogen-bond donors (Lipinski definition) is 1.